The predicted octanol–water partition coefficient (Wildman–Crippen LogP) is 1.79. The number of amides is 2. The Balaban J connectivity index is 2.39. The first-order chi connectivity index (χ1) is 7.89. The molecule has 92 valence electrons. The first-order valence-electron chi connectivity index (χ1n) is 5.53. The molecule has 2 N–H and O–H groups in total. The summed E-state index contributed by atoms with van der Waals surface area (Å²) in [6, 6.07) is 9.14. The van der Waals surface area contributed by atoms with Crippen LogP contribution in [0.25, 0.3) is 0 Å². The molecule has 0 saturated carbocycles. The Morgan fingerprint density at radius 2 is 1.71 bits per heavy atom. The van der Waals surface area contributed by atoms with E-state index in [9.17, 15) is 9.59 Å². The number of benzene rings is 1. The second-order valence-electron chi connectivity index (χ2n) is 4.85. The van der Waals surface area contributed by atoms with Crippen LogP contribution in [0.5, 0.6) is 0 Å². The lowest BCUT2D eigenvalue weighted by molar-refractivity contribution is -0.130. The molecule has 0 heterocycles. The number of hydrogen-bond donors (Lipinski definition) is 2. The van der Waals surface area contributed by atoms with Crippen LogP contribution < -0.4 is 10.6 Å². The monoisotopic (exact) mass is 234 g/mol. The van der Waals surface area contributed by atoms with E-state index in [0.29, 0.717) is 0 Å². The minimum Gasteiger partial charge on any atom is -0.347 e. The highest BCUT2D eigenvalue weighted by Gasteiger charge is 2.21. The zero-order valence-corrected chi connectivity index (χ0v) is 10.4. The summed E-state index contributed by atoms with van der Waals surface area (Å²) in [7, 11) is 0. The second kappa shape index (κ2) is 5.48. The molecule has 0 aromatic heterocycles. The molecule has 1 aromatic carbocycles. The number of carbonyl (C=O) groups is 2. The molecule has 0 spiro atoms. The van der Waals surface area contributed by atoms with Crippen LogP contribution in [0.4, 0.5) is 5.69 Å². The van der Waals surface area contributed by atoms with Crippen molar-refractivity contribution in [2.75, 3.05) is 11.9 Å². The first kappa shape index (κ1) is 13.2. The lowest BCUT2D eigenvalue weighted by Crippen LogP contribution is -2.39. The Morgan fingerprint density at radius 1 is 1.12 bits per heavy atom. The van der Waals surface area contributed by atoms with Crippen molar-refractivity contribution in [2.45, 2.75) is 20.8 Å². The highest BCUT2D eigenvalue weighted by molar-refractivity contribution is 5.95. The summed E-state index contributed by atoms with van der Waals surface area (Å²) in [5.74, 6) is -0.366. The smallest absolute Gasteiger partial charge is 0.243 e. The van der Waals surface area contributed by atoms with Gasteiger partial charge >= 0.3 is 0 Å². The quantitative estimate of drug-likeness (QED) is 0.837. The number of carbonyl (C=O) groups excluding carboxylic acids is 2. The molecule has 4 nitrogen and oxygen atoms in total. The van der Waals surface area contributed by atoms with E-state index < -0.39 is 5.41 Å². The van der Waals surface area contributed by atoms with E-state index in [2.05, 4.69) is 10.6 Å². The van der Waals surface area contributed by atoms with Gasteiger partial charge in [0, 0.05) is 11.1 Å². The molecule has 4 heteroatoms. The third-order valence-electron chi connectivity index (χ3n) is 2.15. The first-order valence-corrected chi connectivity index (χ1v) is 5.53. The van der Waals surface area contributed by atoms with E-state index >= 15 is 0 Å². The maximum atomic E-state index is 11.5. The van der Waals surface area contributed by atoms with Crippen LogP contribution >= 0.6 is 0 Å². The molecule has 0 bridgehead atoms. The molecule has 0 aliphatic rings. The Hall–Kier alpha value is -1.84. The topological polar surface area (TPSA) is 58.2 Å². The standard InChI is InChI=1S/C13H18N2O2/c1-13(2,3)12(17)14-9-11(16)15-10-7-5-4-6-8-10/h4-8H,9H2,1-3H3,(H,14,17)(H,15,16). The van der Waals surface area contributed by atoms with Gasteiger partial charge < -0.3 is 10.6 Å². The number of nitrogens with one attached hydrogen (secondary N) is 2. The van der Waals surface area contributed by atoms with Crippen LogP contribution in [0.1, 0.15) is 20.8 Å². The Morgan fingerprint density at radius 3 is 2.24 bits per heavy atom. The van der Waals surface area contributed by atoms with Crippen molar-refractivity contribution in [3.63, 3.8) is 0 Å². The zero-order chi connectivity index (χ0) is 12.9. The SMILES string of the molecule is CC(C)(C)C(=O)NCC(=O)Nc1ccccc1. The van der Waals surface area contributed by atoms with Gasteiger partial charge in [-0.25, -0.2) is 0 Å². The second-order valence-corrected chi connectivity index (χ2v) is 4.85. The van der Waals surface area contributed by atoms with Crippen molar-refractivity contribution < 1.29 is 9.59 Å². The molecule has 0 fully saturated rings. The lowest BCUT2D eigenvalue weighted by atomic mass is 9.96. The van der Waals surface area contributed by atoms with Gasteiger partial charge in [0.25, 0.3) is 0 Å². The van der Waals surface area contributed by atoms with Gasteiger partial charge in [0.1, 0.15) is 0 Å². The minimum atomic E-state index is -0.479. The highest BCUT2D eigenvalue weighted by atomic mass is 16.2. The van der Waals surface area contributed by atoms with Crippen molar-refractivity contribution in [3.05, 3.63) is 30.3 Å². The third-order valence-corrected chi connectivity index (χ3v) is 2.15. The fourth-order valence-corrected chi connectivity index (χ4v) is 1.15. The summed E-state index contributed by atoms with van der Waals surface area (Å²) in [5, 5.41) is 5.29. The fourth-order valence-electron chi connectivity index (χ4n) is 1.15. The Kier molecular flexibility index (Phi) is 4.26. The van der Waals surface area contributed by atoms with Crippen molar-refractivity contribution in [1.82, 2.24) is 5.32 Å². The van der Waals surface area contributed by atoms with Gasteiger partial charge in [-0.3, -0.25) is 9.59 Å². The van der Waals surface area contributed by atoms with E-state index in [1.165, 1.54) is 0 Å². The van der Waals surface area contributed by atoms with Gasteiger partial charge in [0.05, 0.1) is 6.54 Å². The molecule has 0 atom stereocenters. The van der Waals surface area contributed by atoms with Crippen LogP contribution in [0, 0.1) is 5.41 Å². The summed E-state index contributed by atoms with van der Waals surface area (Å²) in [6.07, 6.45) is 0. The van der Waals surface area contributed by atoms with Crippen molar-refractivity contribution in [2.24, 2.45) is 5.41 Å². The molecule has 1 aromatic rings. The minimum absolute atomic E-state index is 0.00893. The largest absolute Gasteiger partial charge is 0.347 e. The van der Waals surface area contributed by atoms with Gasteiger partial charge in [-0.1, -0.05) is 39.0 Å². The normalized spacial score (nSPS) is 10.8. The van der Waals surface area contributed by atoms with Crippen LogP contribution in [0.3, 0.4) is 0 Å². The number of para-hydroxylation sites is 1. The molecule has 0 aliphatic carbocycles. The van der Waals surface area contributed by atoms with Gasteiger partial charge in [0.2, 0.25) is 11.8 Å². The third kappa shape index (κ3) is 4.68. The van der Waals surface area contributed by atoms with E-state index in [1.807, 2.05) is 18.2 Å². The van der Waals surface area contributed by atoms with Gasteiger partial charge in [-0.15, -0.1) is 0 Å². The van der Waals surface area contributed by atoms with E-state index in [-0.39, 0.29) is 18.4 Å². The Labute approximate surface area is 101 Å². The average Bonchev–Trinajstić information content (AvgIpc) is 2.26. The maximum absolute atomic E-state index is 11.5. The summed E-state index contributed by atoms with van der Waals surface area (Å²) in [4.78, 5) is 23.0. The van der Waals surface area contributed by atoms with E-state index in [1.54, 1.807) is 32.9 Å². The lowest BCUT2D eigenvalue weighted by Gasteiger charge is -2.17. The summed E-state index contributed by atoms with van der Waals surface area (Å²) in [5.41, 5.74) is 0.245. The summed E-state index contributed by atoms with van der Waals surface area (Å²) in [6.45, 7) is 5.40. The number of anilines is 1. The van der Waals surface area contributed by atoms with E-state index in [0.717, 1.165) is 5.69 Å². The molecule has 0 radical (unpaired) electrons. The molecule has 17 heavy (non-hydrogen) atoms. The van der Waals surface area contributed by atoms with Crippen LogP contribution in [-0.4, -0.2) is 18.4 Å². The molecular formula is C13H18N2O2. The van der Waals surface area contributed by atoms with E-state index in [4.69, 9.17) is 0 Å². The van der Waals surface area contributed by atoms with Gasteiger partial charge in [-0.2, -0.15) is 0 Å². The molecule has 0 saturated heterocycles. The summed E-state index contributed by atoms with van der Waals surface area (Å²) < 4.78 is 0. The maximum Gasteiger partial charge on any atom is 0.243 e. The molecule has 0 aliphatic heterocycles. The van der Waals surface area contributed by atoms with Crippen molar-refractivity contribution in [3.8, 4) is 0 Å². The molecular weight excluding hydrogens is 216 g/mol. The van der Waals surface area contributed by atoms with Crippen LogP contribution in [0.2, 0.25) is 0 Å². The summed E-state index contributed by atoms with van der Waals surface area (Å²) >= 11 is 0. The zero-order valence-electron chi connectivity index (χ0n) is 10.4. The number of rotatable bonds is 3. The molecule has 0 unspecified atom stereocenters. The average molecular weight is 234 g/mol. The van der Waals surface area contributed by atoms with Crippen LogP contribution in [-0.2, 0) is 9.59 Å². The van der Waals surface area contributed by atoms with Gasteiger partial charge in [-0.05, 0) is 12.1 Å². The molecule has 2 amide bonds. The van der Waals surface area contributed by atoms with Crippen molar-refractivity contribution >= 4 is 17.5 Å². The number of hydrogen-bond acceptors (Lipinski definition) is 2. The predicted molar refractivity (Wildman–Crippen MR) is 67.5 cm³/mol. The van der Waals surface area contributed by atoms with Crippen molar-refractivity contribution in [1.29, 1.82) is 0 Å². The fraction of sp³-hybridized carbons (Fsp3) is 0.385. The molecule has 1 rings (SSSR count). The Bertz CT molecular complexity index is 394. The van der Waals surface area contributed by atoms with Gasteiger partial charge in [0.15, 0.2) is 0 Å². The van der Waals surface area contributed by atoms with Crippen LogP contribution in [0.15, 0.2) is 30.3 Å². The highest BCUT2D eigenvalue weighted by Crippen LogP contribution is 2.12.